The lowest BCUT2D eigenvalue weighted by atomic mass is 9.91. The Bertz CT molecular complexity index is 522. The highest BCUT2D eigenvalue weighted by Crippen LogP contribution is 2.22. The number of halogens is 1. The van der Waals surface area contributed by atoms with Gasteiger partial charge in [0.2, 0.25) is 0 Å². The molecular weight excluding hydrogens is 249 g/mol. The summed E-state index contributed by atoms with van der Waals surface area (Å²) in [7, 11) is 0. The molecule has 106 valence electrons. The fourth-order valence-corrected chi connectivity index (χ4v) is 2.34. The second-order valence-electron chi connectivity index (χ2n) is 5.47. The van der Waals surface area contributed by atoms with Gasteiger partial charge in [0.25, 0.3) is 0 Å². The Morgan fingerprint density at radius 1 is 0.950 bits per heavy atom. The lowest BCUT2D eigenvalue weighted by molar-refractivity contribution is 0.517. The molecule has 0 aliphatic rings. The molecule has 2 rings (SSSR count). The Hall–Kier alpha value is -1.67. The van der Waals surface area contributed by atoms with E-state index in [1.54, 1.807) is 6.07 Å². The van der Waals surface area contributed by atoms with Crippen LogP contribution in [0.1, 0.15) is 30.9 Å². The van der Waals surface area contributed by atoms with E-state index in [0.29, 0.717) is 6.04 Å². The smallest absolute Gasteiger partial charge is 0.126 e. The summed E-state index contributed by atoms with van der Waals surface area (Å²) in [6.45, 7) is 5.12. The van der Waals surface area contributed by atoms with Crippen molar-refractivity contribution in [1.29, 1.82) is 0 Å². The lowest BCUT2D eigenvalue weighted by Crippen LogP contribution is -2.29. The highest BCUT2D eigenvalue weighted by molar-refractivity contribution is 5.25. The third-order valence-corrected chi connectivity index (χ3v) is 3.47. The number of rotatable bonds is 6. The summed E-state index contributed by atoms with van der Waals surface area (Å²) in [5.74, 6) is 0.175. The SMILES string of the molecule is CC(C)NCC(Cc1ccccc1F)c1ccccc1. The van der Waals surface area contributed by atoms with Crippen molar-refractivity contribution in [3.63, 3.8) is 0 Å². The Morgan fingerprint density at radius 2 is 1.60 bits per heavy atom. The summed E-state index contributed by atoms with van der Waals surface area (Å²) in [5, 5.41) is 3.46. The standard InChI is InChI=1S/C18H22FN/c1-14(2)20-13-17(15-8-4-3-5-9-15)12-16-10-6-7-11-18(16)19/h3-11,14,17,20H,12-13H2,1-2H3. The summed E-state index contributed by atoms with van der Waals surface area (Å²) >= 11 is 0. The molecule has 1 unspecified atom stereocenters. The van der Waals surface area contributed by atoms with Gasteiger partial charge in [-0.05, 0) is 23.6 Å². The maximum absolute atomic E-state index is 13.8. The van der Waals surface area contributed by atoms with Crippen LogP contribution in [-0.2, 0) is 6.42 Å². The summed E-state index contributed by atoms with van der Waals surface area (Å²) in [6, 6.07) is 17.8. The van der Waals surface area contributed by atoms with Gasteiger partial charge < -0.3 is 5.32 Å². The van der Waals surface area contributed by atoms with Crippen molar-refractivity contribution in [2.45, 2.75) is 32.2 Å². The molecule has 2 heteroatoms. The van der Waals surface area contributed by atoms with Crippen molar-refractivity contribution < 1.29 is 4.39 Å². The quantitative estimate of drug-likeness (QED) is 0.832. The number of hydrogen-bond acceptors (Lipinski definition) is 1. The first-order valence-corrected chi connectivity index (χ1v) is 7.18. The van der Waals surface area contributed by atoms with E-state index in [1.165, 1.54) is 11.6 Å². The third-order valence-electron chi connectivity index (χ3n) is 3.47. The second kappa shape index (κ2) is 7.20. The molecule has 0 bridgehead atoms. The predicted octanol–water partition coefficient (Wildman–Crippen LogP) is 4.15. The van der Waals surface area contributed by atoms with Gasteiger partial charge in [-0.2, -0.15) is 0 Å². The minimum absolute atomic E-state index is 0.113. The van der Waals surface area contributed by atoms with Gasteiger partial charge in [-0.3, -0.25) is 0 Å². The Labute approximate surface area is 120 Å². The van der Waals surface area contributed by atoms with Gasteiger partial charge >= 0.3 is 0 Å². The molecule has 1 nitrogen and oxygen atoms in total. The molecule has 2 aromatic carbocycles. The molecule has 0 saturated carbocycles. The van der Waals surface area contributed by atoms with Gasteiger partial charge in [-0.25, -0.2) is 4.39 Å². The van der Waals surface area contributed by atoms with E-state index < -0.39 is 0 Å². The first-order valence-electron chi connectivity index (χ1n) is 7.18. The monoisotopic (exact) mass is 271 g/mol. The fourth-order valence-electron chi connectivity index (χ4n) is 2.34. The maximum atomic E-state index is 13.8. The van der Waals surface area contributed by atoms with Crippen molar-refractivity contribution in [1.82, 2.24) is 5.32 Å². The number of benzene rings is 2. The first kappa shape index (κ1) is 14.7. The summed E-state index contributed by atoms with van der Waals surface area (Å²) in [4.78, 5) is 0. The Morgan fingerprint density at radius 3 is 2.25 bits per heavy atom. The lowest BCUT2D eigenvalue weighted by Gasteiger charge is -2.20. The van der Waals surface area contributed by atoms with E-state index in [1.807, 2.05) is 30.3 Å². The zero-order valence-corrected chi connectivity index (χ0v) is 12.1. The Kier molecular flexibility index (Phi) is 5.31. The predicted molar refractivity (Wildman–Crippen MR) is 82.4 cm³/mol. The van der Waals surface area contributed by atoms with Gasteiger partial charge in [0.15, 0.2) is 0 Å². The van der Waals surface area contributed by atoms with E-state index in [4.69, 9.17) is 0 Å². The molecule has 0 aliphatic heterocycles. The minimum Gasteiger partial charge on any atom is -0.314 e. The average Bonchev–Trinajstić information content (AvgIpc) is 2.46. The van der Waals surface area contributed by atoms with Crippen LogP contribution in [-0.4, -0.2) is 12.6 Å². The Balaban J connectivity index is 2.16. The van der Waals surface area contributed by atoms with E-state index in [9.17, 15) is 4.39 Å². The normalized spacial score (nSPS) is 12.6. The van der Waals surface area contributed by atoms with Gasteiger partial charge in [0.1, 0.15) is 5.82 Å². The molecule has 0 aromatic heterocycles. The maximum Gasteiger partial charge on any atom is 0.126 e. The molecule has 0 amide bonds. The van der Waals surface area contributed by atoms with E-state index in [2.05, 4.69) is 31.3 Å². The molecule has 0 aliphatic carbocycles. The molecule has 0 heterocycles. The van der Waals surface area contributed by atoms with Crippen LogP contribution in [0.15, 0.2) is 54.6 Å². The topological polar surface area (TPSA) is 12.0 Å². The van der Waals surface area contributed by atoms with Crippen LogP contribution < -0.4 is 5.32 Å². The molecule has 20 heavy (non-hydrogen) atoms. The second-order valence-corrected chi connectivity index (χ2v) is 5.47. The van der Waals surface area contributed by atoms with Gasteiger partial charge in [-0.1, -0.05) is 62.4 Å². The van der Waals surface area contributed by atoms with Crippen LogP contribution in [0, 0.1) is 5.82 Å². The largest absolute Gasteiger partial charge is 0.314 e. The molecular formula is C18H22FN. The minimum atomic E-state index is -0.113. The van der Waals surface area contributed by atoms with Gasteiger partial charge in [0.05, 0.1) is 0 Å². The highest BCUT2D eigenvalue weighted by atomic mass is 19.1. The summed E-state index contributed by atoms with van der Waals surface area (Å²) < 4.78 is 13.8. The van der Waals surface area contributed by atoms with E-state index in [0.717, 1.165) is 18.5 Å². The van der Waals surface area contributed by atoms with Crippen molar-refractivity contribution in [2.75, 3.05) is 6.54 Å². The summed E-state index contributed by atoms with van der Waals surface area (Å²) in [5.41, 5.74) is 2.04. The number of hydrogen-bond donors (Lipinski definition) is 1. The van der Waals surface area contributed by atoms with Crippen LogP contribution in [0.3, 0.4) is 0 Å². The molecule has 1 N–H and O–H groups in total. The number of nitrogens with one attached hydrogen (secondary N) is 1. The molecule has 2 aromatic rings. The third kappa shape index (κ3) is 4.17. The van der Waals surface area contributed by atoms with E-state index in [-0.39, 0.29) is 11.7 Å². The van der Waals surface area contributed by atoms with Crippen LogP contribution >= 0.6 is 0 Å². The van der Waals surface area contributed by atoms with E-state index >= 15 is 0 Å². The molecule has 0 saturated heterocycles. The van der Waals surface area contributed by atoms with Crippen molar-refractivity contribution >= 4 is 0 Å². The zero-order valence-electron chi connectivity index (χ0n) is 12.1. The summed E-state index contributed by atoms with van der Waals surface area (Å²) in [6.07, 6.45) is 0.719. The average molecular weight is 271 g/mol. The van der Waals surface area contributed by atoms with Gasteiger partial charge in [-0.15, -0.1) is 0 Å². The van der Waals surface area contributed by atoms with Crippen LogP contribution in [0.2, 0.25) is 0 Å². The molecule has 0 spiro atoms. The fraction of sp³-hybridized carbons (Fsp3) is 0.333. The van der Waals surface area contributed by atoms with Crippen LogP contribution in [0.4, 0.5) is 4.39 Å². The highest BCUT2D eigenvalue weighted by Gasteiger charge is 2.14. The van der Waals surface area contributed by atoms with Crippen LogP contribution in [0.25, 0.3) is 0 Å². The van der Waals surface area contributed by atoms with Crippen LogP contribution in [0.5, 0.6) is 0 Å². The van der Waals surface area contributed by atoms with Crippen molar-refractivity contribution in [3.05, 3.63) is 71.5 Å². The molecule has 0 radical (unpaired) electrons. The first-order chi connectivity index (χ1) is 9.66. The van der Waals surface area contributed by atoms with Gasteiger partial charge in [0, 0.05) is 18.5 Å². The molecule has 1 atom stereocenters. The van der Waals surface area contributed by atoms with Crippen molar-refractivity contribution in [2.24, 2.45) is 0 Å². The van der Waals surface area contributed by atoms with Crippen molar-refractivity contribution in [3.8, 4) is 0 Å². The zero-order chi connectivity index (χ0) is 14.4. The molecule has 0 fully saturated rings.